The molecule has 0 saturated carbocycles. The third-order valence-electron chi connectivity index (χ3n) is 2.58. The van der Waals surface area contributed by atoms with Crippen LogP contribution in [0.1, 0.15) is 34.6 Å². The number of hydrogen-bond acceptors (Lipinski definition) is 3. The van der Waals surface area contributed by atoms with Crippen molar-refractivity contribution >= 4 is 11.8 Å². The number of rotatable bonds is 7. The number of ether oxygens (including phenoxy) is 1. The first-order valence-corrected chi connectivity index (χ1v) is 6.73. The fourth-order valence-corrected chi connectivity index (χ4v) is 1.49. The summed E-state index contributed by atoms with van der Waals surface area (Å²) in [7, 11) is 1.61. The largest absolute Gasteiger partial charge is 0.383 e. The molecule has 5 nitrogen and oxygen atoms in total. The molecule has 0 heterocycles. The minimum Gasteiger partial charge on any atom is -0.383 e. The Morgan fingerprint density at radius 1 is 1.26 bits per heavy atom. The van der Waals surface area contributed by atoms with E-state index in [0.717, 1.165) is 0 Å². The van der Waals surface area contributed by atoms with Gasteiger partial charge in [-0.3, -0.25) is 9.59 Å². The summed E-state index contributed by atoms with van der Waals surface area (Å²) in [6.07, 6.45) is 0. The molecular weight excluding hydrogens is 244 g/mol. The zero-order chi connectivity index (χ0) is 15.1. The van der Waals surface area contributed by atoms with Gasteiger partial charge in [0.2, 0.25) is 11.8 Å². The summed E-state index contributed by atoms with van der Waals surface area (Å²) in [6.45, 7) is 11.4. The molecule has 0 aliphatic heterocycles. The molecule has 2 amide bonds. The summed E-state index contributed by atoms with van der Waals surface area (Å²) in [5.41, 5.74) is -0.477. The monoisotopic (exact) mass is 272 g/mol. The number of methoxy groups -OCH3 is 1. The standard InChI is InChI=1S/C14H28N2O3/c1-11(2)10-16(7-8-19-6)12(17)9-15-13(18)14(3,4)5/h11H,7-10H2,1-6H3,(H,15,18). The highest BCUT2D eigenvalue weighted by Crippen LogP contribution is 2.12. The second-order valence-corrected chi connectivity index (χ2v) is 6.16. The maximum Gasteiger partial charge on any atom is 0.242 e. The SMILES string of the molecule is COCCN(CC(C)C)C(=O)CNC(=O)C(C)(C)C. The first kappa shape index (κ1) is 17.9. The molecule has 0 aromatic carbocycles. The smallest absolute Gasteiger partial charge is 0.242 e. The molecule has 0 aromatic heterocycles. The summed E-state index contributed by atoms with van der Waals surface area (Å²) < 4.78 is 5.00. The minimum absolute atomic E-state index is 0.0482. The Balaban J connectivity index is 4.35. The molecule has 112 valence electrons. The molecule has 1 N–H and O–H groups in total. The van der Waals surface area contributed by atoms with Crippen LogP contribution in [0.5, 0.6) is 0 Å². The Bertz CT molecular complexity index is 296. The van der Waals surface area contributed by atoms with Crippen LogP contribution in [0.3, 0.4) is 0 Å². The van der Waals surface area contributed by atoms with E-state index in [1.165, 1.54) is 0 Å². The van der Waals surface area contributed by atoms with Crippen LogP contribution in [-0.2, 0) is 14.3 Å². The molecule has 0 aromatic rings. The van der Waals surface area contributed by atoms with Gasteiger partial charge in [0.05, 0.1) is 13.2 Å². The van der Waals surface area contributed by atoms with E-state index in [4.69, 9.17) is 4.74 Å². The lowest BCUT2D eigenvalue weighted by Gasteiger charge is -2.25. The van der Waals surface area contributed by atoms with Gasteiger partial charge in [0, 0.05) is 25.6 Å². The molecule has 0 fully saturated rings. The van der Waals surface area contributed by atoms with Crippen molar-refractivity contribution in [2.24, 2.45) is 11.3 Å². The van der Waals surface area contributed by atoms with Gasteiger partial charge >= 0.3 is 0 Å². The number of carbonyl (C=O) groups is 2. The summed E-state index contributed by atoms with van der Waals surface area (Å²) in [5.74, 6) is 0.208. The summed E-state index contributed by atoms with van der Waals surface area (Å²) in [4.78, 5) is 25.5. The van der Waals surface area contributed by atoms with Crippen LogP contribution in [-0.4, -0.2) is 50.1 Å². The number of amides is 2. The van der Waals surface area contributed by atoms with Crippen molar-refractivity contribution in [1.82, 2.24) is 10.2 Å². The number of carbonyl (C=O) groups excluding carboxylic acids is 2. The first-order valence-electron chi connectivity index (χ1n) is 6.73. The topological polar surface area (TPSA) is 58.6 Å². The Kier molecular flexibility index (Phi) is 7.68. The molecule has 0 rings (SSSR count). The highest BCUT2D eigenvalue weighted by atomic mass is 16.5. The van der Waals surface area contributed by atoms with Gasteiger partial charge in [-0.1, -0.05) is 34.6 Å². The molecule has 0 spiro atoms. The van der Waals surface area contributed by atoms with E-state index in [-0.39, 0.29) is 18.4 Å². The minimum atomic E-state index is -0.477. The first-order chi connectivity index (χ1) is 8.68. The van der Waals surface area contributed by atoms with Crippen LogP contribution in [0.15, 0.2) is 0 Å². The summed E-state index contributed by atoms with van der Waals surface area (Å²) in [5, 5.41) is 2.68. The van der Waals surface area contributed by atoms with E-state index < -0.39 is 5.41 Å². The van der Waals surface area contributed by atoms with E-state index in [1.807, 2.05) is 20.8 Å². The van der Waals surface area contributed by atoms with E-state index in [1.54, 1.807) is 12.0 Å². The van der Waals surface area contributed by atoms with Gasteiger partial charge in [0.25, 0.3) is 0 Å². The molecule has 5 heteroatoms. The van der Waals surface area contributed by atoms with Crippen LogP contribution in [0, 0.1) is 11.3 Å². The summed E-state index contributed by atoms with van der Waals surface area (Å²) in [6, 6.07) is 0. The highest BCUT2D eigenvalue weighted by molar-refractivity contribution is 5.87. The predicted molar refractivity (Wildman–Crippen MR) is 75.8 cm³/mol. The van der Waals surface area contributed by atoms with Gasteiger partial charge in [-0.05, 0) is 5.92 Å². The number of hydrogen-bond donors (Lipinski definition) is 1. The molecule has 0 unspecified atom stereocenters. The van der Waals surface area contributed by atoms with Crippen molar-refractivity contribution in [2.45, 2.75) is 34.6 Å². The molecule has 0 radical (unpaired) electrons. The Morgan fingerprint density at radius 3 is 2.26 bits per heavy atom. The zero-order valence-electron chi connectivity index (χ0n) is 13.1. The van der Waals surface area contributed by atoms with Crippen molar-refractivity contribution < 1.29 is 14.3 Å². The predicted octanol–water partition coefficient (Wildman–Crippen LogP) is 1.28. The highest BCUT2D eigenvalue weighted by Gasteiger charge is 2.22. The van der Waals surface area contributed by atoms with Crippen molar-refractivity contribution in [3.63, 3.8) is 0 Å². The third-order valence-corrected chi connectivity index (χ3v) is 2.58. The van der Waals surface area contributed by atoms with Crippen LogP contribution in [0.25, 0.3) is 0 Å². The number of nitrogens with zero attached hydrogens (tertiary/aromatic N) is 1. The van der Waals surface area contributed by atoms with Crippen molar-refractivity contribution in [3.05, 3.63) is 0 Å². The third kappa shape index (κ3) is 7.82. The van der Waals surface area contributed by atoms with Gasteiger partial charge in [-0.15, -0.1) is 0 Å². The van der Waals surface area contributed by atoms with Crippen molar-refractivity contribution in [2.75, 3.05) is 33.4 Å². The van der Waals surface area contributed by atoms with Crippen molar-refractivity contribution in [1.29, 1.82) is 0 Å². The molecule has 0 aliphatic carbocycles. The van der Waals surface area contributed by atoms with Crippen LogP contribution >= 0.6 is 0 Å². The lowest BCUT2D eigenvalue weighted by atomic mass is 9.96. The Labute approximate surface area is 116 Å². The van der Waals surface area contributed by atoms with Gasteiger partial charge < -0.3 is 15.0 Å². The van der Waals surface area contributed by atoms with Gasteiger partial charge in [-0.2, -0.15) is 0 Å². The lowest BCUT2D eigenvalue weighted by Crippen LogP contribution is -2.45. The van der Waals surface area contributed by atoms with Gasteiger partial charge in [-0.25, -0.2) is 0 Å². The molecule has 19 heavy (non-hydrogen) atoms. The zero-order valence-corrected chi connectivity index (χ0v) is 13.1. The maximum absolute atomic E-state index is 12.1. The molecule has 0 atom stereocenters. The van der Waals surface area contributed by atoms with E-state index in [2.05, 4.69) is 19.2 Å². The second-order valence-electron chi connectivity index (χ2n) is 6.16. The van der Waals surface area contributed by atoms with Gasteiger partial charge in [0.15, 0.2) is 0 Å². The van der Waals surface area contributed by atoms with E-state index >= 15 is 0 Å². The quantitative estimate of drug-likeness (QED) is 0.759. The Morgan fingerprint density at radius 2 is 1.84 bits per heavy atom. The average molecular weight is 272 g/mol. The Hall–Kier alpha value is -1.10. The number of nitrogens with one attached hydrogen (secondary N) is 1. The van der Waals surface area contributed by atoms with Crippen LogP contribution in [0.2, 0.25) is 0 Å². The maximum atomic E-state index is 12.1. The fourth-order valence-electron chi connectivity index (χ4n) is 1.49. The van der Waals surface area contributed by atoms with Crippen LogP contribution < -0.4 is 5.32 Å². The van der Waals surface area contributed by atoms with E-state index in [9.17, 15) is 9.59 Å². The molecule has 0 aliphatic rings. The normalized spacial score (nSPS) is 11.5. The molecule has 0 saturated heterocycles. The van der Waals surface area contributed by atoms with Gasteiger partial charge in [0.1, 0.15) is 0 Å². The second kappa shape index (κ2) is 8.15. The average Bonchev–Trinajstić information content (AvgIpc) is 2.29. The fraction of sp³-hybridized carbons (Fsp3) is 0.857. The molecular formula is C14H28N2O3. The lowest BCUT2D eigenvalue weighted by molar-refractivity contribution is -0.136. The molecule has 0 bridgehead atoms. The van der Waals surface area contributed by atoms with E-state index in [0.29, 0.717) is 25.6 Å². The summed E-state index contributed by atoms with van der Waals surface area (Å²) >= 11 is 0. The van der Waals surface area contributed by atoms with Crippen LogP contribution in [0.4, 0.5) is 0 Å². The van der Waals surface area contributed by atoms with Crippen molar-refractivity contribution in [3.8, 4) is 0 Å².